The fourth-order valence-electron chi connectivity index (χ4n) is 2.44. The van der Waals surface area contributed by atoms with E-state index in [0.717, 1.165) is 0 Å². The van der Waals surface area contributed by atoms with Crippen LogP contribution in [-0.4, -0.2) is 41.2 Å². The number of rotatable bonds is 10. The van der Waals surface area contributed by atoms with E-state index in [0.29, 0.717) is 6.42 Å². The first-order valence-electron chi connectivity index (χ1n) is 7.64. The molecule has 1 amide bonds. The molecule has 0 radical (unpaired) electrons. The van der Waals surface area contributed by atoms with Crippen molar-refractivity contribution in [1.82, 2.24) is 5.32 Å². The Bertz CT molecular complexity index is 608. The van der Waals surface area contributed by atoms with Gasteiger partial charge in [0.1, 0.15) is 0 Å². The number of carbonyl (C=O) groups is 2. The molecule has 9 heteroatoms. The molecule has 0 spiro atoms. The summed E-state index contributed by atoms with van der Waals surface area (Å²) < 4.78 is 30.7. The molecule has 0 aromatic rings. The topological polar surface area (TPSA) is 145 Å². The maximum Gasteiger partial charge on any atom is 0.309 e. The zero-order valence-corrected chi connectivity index (χ0v) is 15.3. The van der Waals surface area contributed by atoms with E-state index in [4.69, 9.17) is 9.81 Å². The number of amides is 1. The summed E-state index contributed by atoms with van der Waals surface area (Å²) in [6, 6.07) is 2.06. The van der Waals surface area contributed by atoms with Crippen molar-refractivity contribution < 1.29 is 27.7 Å². The summed E-state index contributed by atoms with van der Waals surface area (Å²) in [5.41, 5.74) is -2.40. The van der Waals surface area contributed by atoms with E-state index in [1.807, 2.05) is 0 Å². The Morgan fingerprint density at radius 3 is 2.21 bits per heavy atom. The summed E-state index contributed by atoms with van der Waals surface area (Å²) in [6.45, 7) is 6.17. The molecular weight excluding hydrogens is 336 g/mol. The predicted molar refractivity (Wildman–Crippen MR) is 87.6 cm³/mol. The number of nitrogens with one attached hydrogen (secondary N) is 1. The number of nitrogens with zero attached hydrogens (tertiary/aromatic N) is 1. The number of hydrogen-bond acceptors (Lipinski definition) is 5. The average Bonchev–Trinajstić information content (AvgIpc) is 2.39. The quantitative estimate of drug-likeness (QED) is 0.500. The van der Waals surface area contributed by atoms with E-state index in [9.17, 15) is 23.1 Å². The van der Waals surface area contributed by atoms with Gasteiger partial charge in [0.2, 0.25) is 5.91 Å². The predicted octanol–water partition coefficient (Wildman–Crippen LogP) is 1.58. The highest BCUT2D eigenvalue weighted by atomic mass is 32.2. The molecule has 0 aromatic carbocycles. The van der Waals surface area contributed by atoms with Crippen LogP contribution in [0.25, 0.3) is 0 Å². The zero-order valence-electron chi connectivity index (χ0n) is 14.5. The van der Waals surface area contributed by atoms with Crippen LogP contribution in [-0.2, 0) is 19.7 Å². The molecule has 2 atom stereocenters. The van der Waals surface area contributed by atoms with Crippen molar-refractivity contribution >= 4 is 22.0 Å². The fraction of sp³-hybridized carbons (Fsp3) is 0.800. The molecule has 0 aliphatic rings. The first kappa shape index (κ1) is 22.3. The highest BCUT2D eigenvalue weighted by Crippen LogP contribution is 2.33. The monoisotopic (exact) mass is 362 g/mol. The second kappa shape index (κ2) is 8.44. The standard InChI is InChI=1S/C15H26N2O6S/c1-5-11(9-16)8-15(4,13(19)20)7-6-12(18)17-14(2,3)10-24(21,22)23/h11H,5-8,10H2,1-4H3,(H,17,18)(H,19,20)(H,21,22,23). The molecule has 3 N–H and O–H groups in total. The minimum Gasteiger partial charge on any atom is -0.481 e. The summed E-state index contributed by atoms with van der Waals surface area (Å²) in [5.74, 6) is -2.65. The van der Waals surface area contributed by atoms with Crippen molar-refractivity contribution in [2.45, 2.75) is 58.9 Å². The van der Waals surface area contributed by atoms with Crippen LogP contribution in [0.2, 0.25) is 0 Å². The molecule has 0 heterocycles. The molecule has 8 nitrogen and oxygen atoms in total. The Hall–Kier alpha value is -1.66. The van der Waals surface area contributed by atoms with Gasteiger partial charge in [-0.05, 0) is 40.0 Å². The average molecular weight is 362 g/mol. The van der Waals surface area contributed by atoms with Crippen LogP contribution in [0.15, 0.2) is 0 Å². The lowest BCUT2D eigenvalue weighted by molar-refractivity contribution is -0.149. The molecule has 138 valence electrons. The van der Waals surface area contributed by atoms with Gasteiger partial charge < -0.3 is 10.4 Å². The Balaban J connectivity index is 4.85. The lowest BCUT2D eigenvalue weighted by Crippen LogP contribution is -2.48. The maximum atomic E-state index is 12.0. The fourth-order valence-corrected chi connectivity index (χ4v) is 3.43. The Kier molecular flexibility index (Phi) is 7.86. The van der Waals surface area contributed by atoms with Gasteiger partial charge in [-0.3, -0.25) is 14.1 Å². The lowest BCUT2D eigenvalue weighted by Gasteiger charge is -2.28. The number of hydrogen-bond donors (Lipinski definition) is 3. The summed E-state index contributed by atoms with van der Waals surface area (Å²) >= 11 is 0. The number of nitriles is 1. The number of aliphatic carboxylic acids is 1. The van der Waals surface area contributed by atoms with Gasteiger partial charge in [-0.2, -0.15) is 13.7 Å². The van der Waals surface area contributed by atoms with Crippen molar-refractivity contribution in [3.05, 3.63) is 0 Å². The molecule has 0 saturated carbocycles. The second-order valence-electron chi connectivity index (χ2n) is 6.96. The van der Waals surface area contributed by atoms with Crippen molar-refractivity contribution in [3.63, 3.8) is 0 Å². The SMILES string of the molecule is CCC(C#N)CC(C)(CCC(=O)NC(C)(C)CS(=O)(=O)O)C(=O)O. The molecule has 0 saturated heterocycles. The van der Waals surface area contributed by atoms with Gasteiger partial charge in [-0.1, -0.05) is 6.92 Å². The van der Waals surface area contributed by atoms with E-state index in [1.165, 1.54) is 20.8 Å². The van der Waals surface area contributed by atoms with Gasteiger partial charge in [-0.15, -0.1) is 0 Å². The van der Waals surface area contributed by atoms with E-state index >= 15 is 0 Å². The lowest BCUT2D eigenvalue weighted by atomic mass is 9.77. The summed E-state index contributed by atoms with van der Waals surface area (Å²) in [5, 5.41) is 20.9. The van der Waals surface area contributed by atoms with Crippen LogP contribution in [0, 0.1) is 22.7 Å². The van der Waals surface area contributed by atoms with Gasteiger partial charge in [0, 0.05) is 12.3 Å². The highest BCUT2D eigenvalue weighted by molar-refractivity contribution is 7.85. The summed E-state index contributed by atoms with van der Waals surface area (Å²) in [6.07, 6.45) is 0.553. The Morgan fingerprint density at radius 2 is 1.83 bits per heavy atom. The van der Waals surface area contributed by atoms with E-state index in [2.05, 4.69) is 11.4 Å². The van der Waals surface area contributed by atoms with Gasteiger partial charge in [0.25, 0.3) is 10.1 Å². The van der Waals surface area contributed by atoms with Crippen molar-refractivity contribution in [2.75, 3.05) is 5.75 Å². The van der Waals surface area contributed by atoms with Crippen molar-refractivity contribution in [1.29, 1.82) is 5.26 Å². The Morgan fingerprint density at radius 1 is 1.29 bits per heavy atom. The number of carboxylic acids is 1. The van der Waals surface area contributed by atoms with Crippen LogP contribution in [0.5, 0.6) is 0 Å². The third kappa shape index (κ3) is 8.26. The van der Waals surface area contributed by atoms with Gasteiger partial charge in [0.15, 0.2) is 0 Å². The van der Waals surface area contributed by atoms with Crippen molar-refractivity contribution in [2.24, 2.45) is 11.3 Å². The van der Waals surface area contributed by atoms with E-state index in [-0.39, 0.29) is 19.3 Å². The van der Waals surface area contributed by atoms with Gasteiger partial charge in [-0.25, -0.2) is 0 Å². The molecule has 2 unspecified atom stereocenters. The third-order valence-corrected chi connectivity index (χ3v) is 4.90. The Labute approximate surface area is 143 Å². The second-order valence-corrected chi connectivity index (χ2v) is 8.42. The summed E-state index contributed by atoms with van der Waals surface area (Å²) in [4.78, 5) is 23.5. The highest BCUT2D eigenvalue weighted by Gasteiger charge is 2.36. The minimum absolute atomic E-state index is 0.0221. The molecule has 0 fully saturated rings. The molecule has 0 aromatic heterocycles. The number of carboxylic acid groups (broad SMARTS) is 1. The summed E-state index contributed by atoms with van der Waals surface area (Å²) in [7, 11) is -4.25. The van der Waals surface area contributed by atoms with E-state index in [1.54, 1.807) is 6.92 Å². The van der Waals surface area contributed by atoms with Crippen LogP contribution in [0.4, 0.5) is 0 Å². The number of carbonyl (C=O) groups excluding carboxylic acids is 1. The molecular formula is C15H26N2O6S. The molecule has 0 aliphatic heterocycles. The maximum absolute atomic E-state index is 12.0. The molecule has 0 aliphatic carbocycles. The zero-order chi connectivity index (χ0) is 19.2. The van der Waals surface area contributed by atoms with Crippen molar-refractivity contribution in [3.8, 4) is 6.07 Å². The van der Waals surface area contributed by atoms with Crippen LogP contribution < -0.4 is 5.32 Å². The molecule has 0 bridgehead atoms. The first-order valence-corrected chi connectivity index (χ1v) is 9.25. The van der Waals surface area contributed by atoms with Gasteiger partial charge >= 0.3 is 5.97 Å². The molecule has 0 rings (SSSR count). The van der Waals surface area contributed by atoms with Crippen LogP contribution in [0.3, 0.4) is 0 Å². The largest absolute Gasteiger partial charge is 0.481 e. The van der Waals surface area contributed by atoms with Crippen LogP contribution in [0.1, 0.15) is 53.4 Å². The first-order chi connectivity index (χ1) is 10.7. The van der Waals surface area contributed by atoms with Gasteiger partial charge in [0.05, 0.1) is 22.8 Å². The van der Waals surface area contributed by atoms with Crippen LogP contribution >= 0.6 is 0 Å². The normalized spacial score (nSPS) is 15.8. The third-order valence-electron chi connectivity index (χ3n) is 3.81. The minimum atomic E-state index is -4.25. The molecule has 24 heavy (non-hydrogen) atoms. The van der Waals surface area contributed by atoms with E-state index < -0.39 is 44.6 Å². The smallest absolute Gasteiger partial charge is 0.309 e.